The van der Waals surface area contributed by atoms with Crippen molar-refractivity contribution in [2.45, 2.75) is 15.2 Å². The van der Waals surface area contributed by atoms with Gasteiger partial charge in [0, 0.05) is 59.9 Å². The van der Waals surface area contributed by atoms with Gasteiger partial charge < -0.3 is 13.9 Å². The van der Waals surface area contributed by atoms with Crippen LogP contribution in [0.3, 0.4) is 0 Å². The zero-order valence-electron chi connectivity index (χ0n) is 36.2. The molecule has 0 fully saturated rings. The van der Waals surface area contributed by atoms with Crippen LogP contribution in [-0.2, 0) is 5.41 Å². The molecule has 15 rings (SSSR count). The van der Waals surface area contributed by atoms with Crippen LogP contribution in [0.5, 0.6) is 0 Å². The predicted octanol–water partition coefficient (Wildman–Crippen LogP) is 17.3. The molecule has 1 spiro atoms. The van der Waals surface area contributed by atoms with Crippen LogP contribution in [0.4, 0.5) is 17.1 Å². The Hall–Kier alpha value is -8.31. The third-order valence-corrected chi connectivity index (χ3v) is 15.8. The van der Waals surface area contributed by atoms with Crippen molar-refractivity contribution in [1.29, 1.82) is 0 Å². The van der Waals surface area contributed by atoms with Crippen LogP contribution in [0.2, 0.25) is 0 Å². The second kappa shape index (κ2) is 13.9. The molecule has 2 aliphatic rings. The second-order valence-corrected chi connectivity index (χ2v) is 19.0. The van der Waals surface area contributed by atoms with E-state index >= 15 is 0 Å². The Kier molecular flexibility index (Phi) is 7.64. The van der Waals surface area contributed by atoms with Crippen LogP contribution in [0.25, 0.3) is 82.1 Å². The summed E-state index contributed by atoms with van der Waals surface area (Å²) in [6.07, 6.45) is 0. The van der Waals surface area contributed by atoms with E-state index < -0.39 is 5.41 Å². The Labute approximate surface area is 390 Å². The molecule has 1 aliphatic carbocycles. The van der Waals surface area contributed by atoms with E-state index in [2.05, 4.69) is 228 Å². The van der Waals surface area contributed by atoms with Crippen molar-refractivity contribution >= 4 is 94.1 Å². The summed E-state index contributed by atoms with van der Waals surface area (Å²) in [4.78, 5) is 5.08. The van der Waals surface area contributed by atoms with E-state index in [1.54, 1.807) is 0 Å². The molecule has 0 unspecified atom stereocenters. The minimum absolute atomic E-state index is 0.569. The van der Waals surface area contributed by atoms with E-state index in [0.717, 1.165) is 55.7 Å². The van der Waals surface area contributed by atoms with Gasteiger partial charge in [-0.3, -0.25) is 0 Å². The van der Waals surface area contributed by atoms with Gasteiger partial charge in [0.25, 0.3) is 0 Å². The van der Waals surface area contributed by atoms with E-state index in [1.807, 2.05) is 23.9 Å². The number of fused-ring (bicyclic) bond motifs is 15. The fourth-order valence-electron chi connectivity index (χ4n) is 11.9. The molecule has 0 atom stereocenters. The van der Waals surface area contributed by atoms with Crippen molar-refractivity contribution in [3.8, 4) is 16.8 Å². The van der Waals surface area contributed by atoms with Gasteiger partial charge in [0.2, 0.25) is 0 Å². The molecule has 0 saturated heterocycles. The monoisotopic (exact) mass is 870 g/mol. The highest BCUT2D eigenvalue weighted by atomic mass is 32.2. The Morgan fingerprint density at radius 3 is 1.88 bits per heavy atom. The first-order valence-corrected chi connectivity index (χ1v) is 23.8. The van der Waals surface area contributed by atoms with Crippen LogP contribution < -0.4 is 4.90 Å². The van der Waals surface area contributed by atoms with Crippen LogP contribution in [0.1, 0.15) is 22.3 Å². The molecule has 2 aromatic heterocycles. The van der Waals surface area contributed by atoms with Gasteiger partial charge in [-0.1, -0.05) is 163 Å². The lowest BCUT2D eigenvalue weighted by molar-refractivity contribution is 0.668. The van der Waals surface area contributed by atoms with E-state index in [9.17, 15) is 0 Å². The molecular weight excluding hydrogens is 833 g/mol. The first kappa shape index (κ1) is 37.0. The summed E-state index contributed by atoms with van der Waals surface area (Å²) >= 11 is 1.89. The highest BCUT2D eigenvalue weighted by Gasteiger charge is 2.48. The molecule has 0 radical (unpaired) electrons. The van der Waals surface area contributed by atoms with Crippen molar-refractivity contribution in [2.24, 2.45) is 0 Å². The highest BCUT2D eigenvalue weighted by molar-refractivity contribution is 7.99. The third kappa shape index (κ3) is 5.08. The number of benzene rings is 11. The Balaban J connectivity index is 1.01. The predicted molar refractivity (Wildman–Crippen MR) is 279 cm³/mol. The maximum Gasteiger partial charge on any atom is 0.137 e. The van der Waals surface area contributed by atoms with Gasteiger partial charge in [-0.2, -0.15) is 0 Å². The summed E-state index contributed by atoms with van der Waals surface area (Å²) in [6, 6.07) is 85.4. The van der Waals surface area contributed by atoms with Crippen molar-refractivity contribution in [3.63, 3.8) is 0 Å². The van der Waals surface area contributed by atoms with Gasteiger partial charge in [0.1, 0.15) is 11.2 Å². The fraction of sp³-hybridized carbons (Fsp3) is 0.0159. The summed E-state index contributed by atoms with van der Waals surface area (Å²) in [5, 5.41) is 9.63. The lowest BCUT2D eigenvalue weighted by Gasteiger charge is -2.46. The Morgan fingerprint density at radius 2 is 1.01 bits per heavy atom. The van der Waals surface area contributed by atoms with Crippen LogP contribution >= 0.6 is 11.8 Å². The van der Waals surface area contributed by atoms with Gasteiger partial charge >= 0.3 is 0 Å². The third-order valence-electron chi connectivity index (χ3n) is 14.6. The smallest absolute Gasteiger partial charge is 0.137 e. The number of para-hydroxylation sites is 2. The number of aromatic nitrogens is 1. The zero-order chi connectivity index (χ0) is 43.8. The number of nitrogens with zero attached hydrogens (tertiary/aromatic N) is 2. The molecule has 312 valence electrons. The number of hydrogen-bond donors (Lipinski definition) is 0. The molecule has 3 nitrogen and oxygen atoms in total. The van der Waals surface area contributed by atoms with Crippen LogP contribution in [-0.4, -0.2) is 4.57 Å². The van der Waals surface area contributed by atoms with Crippen molar-refractivity contribution in [2.75, 3.05) is 4.90 Å². The van der Waals surface area contributed by atoms with Crippen molar-refractivity contribution < 1.29 is 4.42 Å². The maximum atomic E-state index is 6.43. The van der Waals surface area contributed by atoms with E-state index in [4.69, 9.17) is 4.42 Å². The molecular formula is C63H38N2OS. The second-order valence-electron chi connectivity index (χ2n) is 17.9. The number of anilines is 3. The molecule has 0 saturated carbocycles. The topological polar surface area (TPSA) is 21.3 Å². The van der Waals surface area contributed by atoms with E-state index in [-0.39, 0.29) is 0 Å². The average molecular weight is 871 g/mol. The Bertz CT molecular complexity index is 4180. The highest BCUT2D eigenvalue weighted by Crippen LogP contribution is 2.62. The fourth-order valence-corrected chi connectivity index (χ4v) is 13.1. The minimum atomic E-state index is -0.569. The first-order chi connectivity index (χ1) is 33.2. The van der Waals surface area contributed by atoms with Gasteiger partial charge in [-0.25, -0.2) is 0 Å². The molecule has 11 aromatic carbocycles. The quantitative estimate of drug-likeness (QED) is 0.176. The van der Waals surface area contributed by atoms with Crippen LogP contribution in [0.15, 0.2) is 245 Å². The number of furan rings is 1. The number of rotatable bonds is 4. The molecule has 0 amide bonds. The molecule has 4 heteroatoms. The minimum Gasteiger partial charge on any atom is -0.456 e. The molecule has 0 N–H and O–H groups in total. The maximum absolute atomic E-state index is 6.43. The van der Waals surface area contributed by atoms with E-state index in [0.29, 0.717) is 0 Å². The summed E-state index contributed by atoms with van der Waals surface area (Å²) in [6.45, 7) is 0. The van der Waals surface area contributed by atoms with Gasteiger partial charge in [0.15, 0.2) is 0 Å². The van der Waals surface area contributed by atoms with E-state index in [1.165, 1.54) is 75.5 Å². The number of hydrogen-bond acceptors (Lipinski definition) is 3. The summed E-state index contributed by atoms with van der Waals surface area (Å²) in [5.74, 6) is 0. The summed E-state index contributed by atoms with van der Waals surface area (Å²) in [5.41, 5.74) is 15.7. The molecule has 3 heterocycles. The van der Waals surface area contributed by atoms with Crippen LogP contribution in [0, 0.1) is 0 Å². The lowest BCUT2D eigenvalue weighted by atomic mass is 9.59. The van der Waals surface area contributed by atoms with Gasteiger partial charge in [0.05, 0.1) is 22.1 Å². The van der Waals surface area contributed by atoms with Crippen molar-refractivity contribution in [1.82, 2.24) is 4.57 Å². The van der Waals surface area contributed by atoms with Gasteiger partial charge in [-0.05, 0) is 122 Å². The Morgan fingerprint density at radius 1 is 0.388 bits per heavy atom. The first-order valence-electron chi connectivity index (χ1n) is 23.0. The standard InChI is InChI=1S/C63H38N2OS/c1-2-18-44-39(14-1)15-13-26-55(44)64(41-32-35-57-50(36-41)46-19-3-7-25-56(46)65(57)43-31-34-48-47-20-4-8-27-58(47)66-59(48)38-43)42-30-33-45-49-21-11-16-40-17-12-24-53(62(40)49)63(54(45)37-42)51-22-5-9-28-60(51)67-61-29-10-6-23-52(61)63/h1-38H. The average Bonchev–Trinajstić information content (AvgIpc) is 3.93. The molecule has 1 aliphatic heterocycles. The molecule has 67 heavy (non-hydrogen) atoms. The van der Waals surface area contributed by atoms with Gasteiger partial charge in [-0.15, -0.1) is 0 Å². The summed E-state index contributed by atoms with van der Waals surface area (Å²) in [7, 11) is 0. The zero-order valence-corrected chi connectivity index (χ0v) is 37.0. The lowest BCUT2D eigenvalue weighted by Crippen LogP contribution is -2.36. The largest absolute Gasteiger partial charge is 0.456 e. The van der Waals surface area contributed by atoms with Crippen molar-refractivity contribution in [3.05, 3.63) is 253 Å². The molecule has 13 aromatic rings. The molecule has 0 bridgehead atoms. The summed E-state index contributed by atoms with van der Waals surface area (Å²) < 4.78 is 8.82. The normalized spacial score (nSPS) is 13.4. The SMILES string of the molecule is c1ccc2c(c1)Sc1ccccc1C21c2cc(N(c3ccc4c(c3)c3ccccc3n4-c3ccc4c(c3)oc3ccccc34)c3cccc4ccccc34)ccc2-c2cccc3cccc1c23.